The third-order valence-electron chi connectivity index (χ3n) is 3.79. The fourth-order valence-corrected chi connectivity index (χ4v) is 2.80. The van der Waals surface area contributed by atoms with Gasteiger partial charge in [-0.1, -0.05) is 13.3 Å². The van der Waals surface area contributed by atoms with E-state index >= 15 is 0 Å². The summed E-state index contributed by atoms with van der Waals surface area (Å²) < 4.78 is 1.89. The zero-order chi connectivity index (χ0) is 13.0. The van der Waals surface area contributed by atoms with E-state index in [4.69, 9.17) is 0 Å². The second kappa shape index (κ2) is 6.34. The van der Waals surface area contributed by atoms with Crippen LogP contribution in [0.2, 0.25) is 0 Å². The van der Waals surface area contributed by atoms with Gasteiger partial charge in [-0.3, -0.25) is 9.58 Å². The minimum absolute atomic E-state index is 0.618. The number of hydrogen-bond acceptors (Lipinski definition) is 3. The second-order valence-electron chi connectivity index (χ2n) is 5.52. The average Bonchev–Trinajstić information content (AvgIpc) is 2.76. The van der Waals surface area contributed by atoms with E-state index in [0.29, 0.717) is 12.1 Å². The van der Waals surface area contributed by atoms with Crippen LogP contribution < -0.4 is 5.32 Å². The molecule has 1 aliphatic rings. The Morgan fingerprint density at radius 1 is 1.50 bits per heavy atom. The van der Waals surface area contributed by atoms with Gasteiger partial charge in [0.2, 0.25) is 0 Å². The Labute approximate surface area is 110 Å². The monoisotopic (exact) mass is 250 g/mol. The molecule has 2 rings (SSSR count). The Morgan fingerprint density at radius 2 is 2.33 bits per heavy atom. The van der Waals surface area contributed by atoms with Crippen LogP contribution in [0.15, 0.2) is 12.4 Å². The fraction of sp³-hybridized carbons (Fsp3) is 0.786. The molecule has 2 unspecified atom stereocenters. The van der Waals surface area contributed by atoms with Gasteiger partial charge < -0.3 is 5.32 Å². The lowest BCUT2D eigenvalue weighted by molar-refractivity contribution is 0.129. The second-order valence-corrected chi connectivity index (χ2v) is 5.52. The van der Waals surface area contributed by atoms with Crippen LogP contribution in [0.4, 0.5) is 0 Å². The number of nitrogens with zero attached hydrogens (tertiary/aromatic N) is 3. The van der Waals surface area contributed by atoms with E-state index in [-0.39, 0.29) is 0 Å². The van der Waals surface area contributed by atoms with Crippen LogP contribution in [-0.2, 0) is 13.5 Å². The van der Waals surface area contributed by atoms with Crippen LogP contribution in [0.1, 0.15) is 32.3 Å². The quantitative estimate of drug-likeness (QED) is 0.858. The Balaban J connectivity index is 1.87. The largest absolute Gasteiger partial charge is 0.311 e. The minimum atomic E-state index is 0.618. The average molecular weight is 250 g/mol. The van der Waals surface area contributed by atoms with Gasteiger partial charge in [0.15, 0.2) is 0 Å². The van der Waals surface area contributed by atoms with E-state index in [1.165, 1.54) is 24.9 Å². The van der Waals surface area contributed by atoms with Crippen LogP contribution in [0, 0.1) is 0 Å². The number of piperazine rings is 1. The molecule has 0 aliphatic carbocycles. The molecule has 18 heavy (non-hydrogen) atoms. The van der Waals surface area contributed by atoms with Crippen molar-refractivity contribution in [2.45, 2.75) is 45.2 Å². The SMILES string of the molecule is CCCC1CNC(C)CN1CCc1cnn(C)c1. The third kappa shape index (κ3) is 3.56. The van der Waals surface area contributed by atoms with Crippen LogP contribution in [0.3, 0.4) is 0 Å². The van der Waals surface area contributed by atoms with Crippen molar-refractivity contribution in [2.75, 3.05) is 19.6 Å². The molecular weight excluding hydrogens is 224 g/mol. The first-order valence-electron chi connectivity index (χ1n) is 7.14. The van der Waals surface area contributed by atoms with Gasteiger partial charge in [0, 0.05) is 45.0 Å². The maximum atomic E-state index is 4.24. The number of rotatable bonds is 5. The molecule has 0 spiro atoms. The lowest BCUT2D eigenvalue weighted by Crippen LogP contribution is -2.55. The Kier molecular flexibility index (Phi) is 4.78. The van der Waals surface area contributed by atoms with Crippen LogP contribution >= 0.6 is 0 Å². The number of aryl methyl sites for hydroxylation is 1. The normalized spacial score (nSPS) is 25.5. The molecule has 0 aromatic carbocycles. The first-order chi connectivity index (χ1) is 8.69. The van der Waals surface area contributed by atoms with E-state index < -0.39 is 0 Å². The summed E-state index contributed by atoms with van der Waals surface area (Å²) in [7, 11) is 1.98. The minimum Gasteiger partial charge on any atom is -0.311 e. The van der Waals surface area contributed by atoms with Gasteiger partial charge in [0.25, 0.3) is 0 Å². The lowest BCUT2D eigenvalue weighted by Gasteiger charge is -2.39. The molecule has 0 bridgehead atoms. The highest BCUT2D eigenvalue weighted by Crippen LogP contribution is 2.13. The summed E-state index contributed by atoms with van der Waals surface area (Å²) in [5.74, 6) is 0. The van der Waals surface area contributed by atoms with E-state index in [9.17, 15) is 0 Å². The van der Waals surface area contributed by atoms with Crippen molar-refractivity contribution in [3.63, 3.8) is 0 Å². The van der Waals surface area contributed by atoms with Gasteiger partial charge in [0.1, 0.15) is 0 Å². The maximum absolute atomic E-state index is 4.24. The van der Waals surface area contributed by atoms with Crippen LogP contribution in [-0.4, -0.2) is 46.4 Å². The molecule has 0 saturated carbocycles. The van der Waals surface area contributed by atoms with Crippen molar-refractivity contribution in [1.82, 2.24) is 20.0 Å². The standard InChI is InChI=1S/C14H26N4/c1-4-5-14-9-15-12(2)10-18(14)7-6-13-8-16-17(3)11-13/h8,11-12,14-15H,4-7,9-10H2,1-3H3. The number of aromatic nitrogens is 2. The Hall–Kier alpha value is -0.870. The molecule has 1 aliphatic heterocycles. The molecule has 102 valence electrons. The Morgan fingerprint density at radius 3 is 3.00 bits per heavy atom. The van der Waals surface area contributed by atoms with E-state index in [0.717, 1.165) is 19.5 Å². The Bertz CT molecular complexity index is 360. The molecule has 2 atom stereocenters. The summed E-state index contributed by atoms with van der Waals surface area (Å²) in [5, 5.41) is 7.83. The first kappa shape index (κ1) is 13.6. The first-order valence-corrected chi connectivity index (χ1v) is 7.14. The smallest absolute Gasteiger partial charge is 0.0522 e. The predicted molar refractivity (Wildman–Crippen MR) is 74.6 cm³/mol. The lowest BCUT2D eigenvalue weighted by atomic mass is 10.0. The topological polar surface area (TPSA) is 33.1 Å². The van der Waals surface area contributed by atoms with Gasteiger partial charge in [-0.2, -0.15) is 5.10 Å². The van der Waals surface area contributed by atoms with Crippen molar-refractivity contribution in [3.05, 3.63) is 18.0 Å². The summed E-state index contributed by atoms with van der Waals surface area (Å²) >= 11 is 0. The van der Waals surface area contributed by atoms with E-state index in [2.05, 4.69) is 35.4 Å². The molecule has 4 nitrogen and oxygen atoms in total. The summed E-state index contributed by atoms with van der Waals surface area (Å²) in [6, 6.07) is 1.33. The van der Waals surface area contributed by atoms with Crippen LogP contribution in [0.25, 0.3) is 0 Å². The molecule has 2 heterocycles. The molecule has 1 aromatic heterocycles. The van der Waals surface area contributed by atoms with Gasteiger partial charge >= 0.3 is 0 Å². The van der Waals surface area contributed by atoms with Crippen molar-refractivity contribution < 1.29 is 0 Å². The number of nitrogens with one attached hydrogen (secondary N) is 1. The highest BCUT2D eigenvalue weighted by Gasteiger charge is 2.24. The molecule has 4 heteroatoms. The van der Waals surface area contributed by atoms with E-state index in [1.807, 2.05) is 17.9 Å². The maximum Gasteiger partial charge on any atom is 0.0522 e. The van der Waals surface area contributed by atoms with Crippen molar-refractivity contribution in [1.29, 1.82) is 0 Å². The molecule has 1 fully saturated rings. The van der Waals surface area contributed by atoms with Crippen molar-refractivity contribution in [2.24, 2.45) is 7.05 Å². The molecule has 1 N–H and O–H groups in total. The molecule has 1 aromatic rings. The van der Waals surface area contributed by atoms with Gasteiger partial charge in [-0.15, -0.1) is 0 Å². The molecule has 1 saturated heterocycles. The third-order valence-corrected chi connectivity index (χ3v) is 3.79. The number of hydrogen-bond donors (Lipinski definition) is 1. The van der Waals surface area contributed by atoms with Gasteiger partial charge in [0.05, 0.1) is 6.20 Å². The molecule has 0 amide bonds. The van der Waals surface area contributed by atoms with Gasteiger partial charge in [-0.05, 0) is 25.3 Å². The van der Waals surface area contributed by atoms with E-state index in [1.54, 1.807) is 0 Å². The fourth-order valence-electron chi connectivity index (χ4n) is 2.80. The molecular formula is C14H26N4. The van der Waals surface area contributed by atoms with Crippen molar-refractivity contribution in [3.8, 4) is 0 Å². The summed E-state index contributed by atoms with van der Waals surface area (Å²) in [6.45, 7) is 8.02. The molecule has 0 radical (unpaired) electrons. The highest BCUT2D eigenvalue weighted by molar-refractivity contribution is 5.04. The van der Waals surface area contributed by atoms with Crippen molar-refractivity contribution >= 4 is 0 Å². The zero-order valence-corrected chi connectivity index (χ0v) is 11.9. The summed E-state index contributed by atoms with van der Waals surface area (Å²) in [6.07, 6.45) is 7.79. The zero-order valence-electron chi connectivity index (χ0n) is 11.9. The van der Waals surface area contributed by atoms with Gasteiger partial charge in [-0.25, -0.2) is 0 Å². The predicted octanol–water partition coefficient (Wildman–Crippen LogP) is 1.42. The highest BCUT2D eigenvalue weighted by atomic mass is 15.2. The van der Waals surface area contributed by atoms with Crippen LogP contribution in [0.5, 0.6) is 0 Å². The summed E-state index contributed by atoms with van der Waals surface area (Å²) in [5.41, 5.74) is 1.35. The summed E-state index contributed by atoms with van der Waals surface area (Å²) in [4.78, 5) is 2.65.